The number of benzene rings is 1. The number of hydrogen-bond acceptors (Lipinski definition) is 3. The van der Waals surface area contributed by atoms with Crippen molar-refractivity contribution in [3.8, 4) is 5.75 Å². The number of nitrogens with zero attached hydrogens (tertiary/aromatic N) is 2. The van der Waals surface area contributed by atoms with E-state index in [0.29, 0.717) is 12.6 Å². The molecule has 0 aromatic heterocycles. The summed E-state index contributed by atoms with van der Waals surface area (Å²) in [5, 5.41) is 0. The summed E-state index contributed by atoms with van der Waals surface area (Å²) in [4.78, 5) is 16.5. The van der Waals surface area contributed by atoms with Gasteiger partial charge in [-0.1, -0.05) is 31.4 Å². The molecule has 0 heterocycles. The van der Waals surface area contributed by atoms with Crippen LogP contribution >= 0.6 is 0 Å². The van der Waals surface area contributed by atoms with Crippen molar-refractivity contribution in [2.45, 2.75) is 44.7 Å². The molecule has 1 aromatic carbocycles. The van der Waals surface area contributed by atoms with Crippen LogP contribution in [-0.4, -0.2) is 49.5 Å². The van der Waals surface area contributed by atoms with Crippen LogP contribution in [0.5, 0.6) is 5.75 Å². The lowest BCUT2D eigenvalue weighted by Gasteiger charge is -2.32. The summed E-state index contributed by atoms with van der Waals surface area (Å²) in [5.41, 5.74) is 1.16. The first-order valence-electron chi connectivity index (χ1n) is 8.17. The van der Waals surface area contributed by atoms with Crippen molar-refractivity contribution in [1.82, 2.24) is 9.80 Å². The van der Waals surface area contributed by atoms with Crippen LogP contribution < -0.4 is 4.74 Å². The lowest BCUT2D eigenvalue weighted by molar-refractivity contribution is -0.133. The Labute approximate surface area is 134 Å². The molecule has 0 unspecified atom stereocenters. The van der Waals surface area contributed by atoms with E-state index < -0.39 is 0 Å². The van der Waals surface area contributed by atoms with Crippen LogP contribution in [0.1, 0.15) is 37.7 Å². The lowest BCUT2D eigenvalue weighted by Crippen LogP contribution is -2.43. The summed E-state index contributed by atoms with van der Waals surface area (Å²) in [6, 6.07) is 8.44. The summed E-state index contributed by atoms with van der Waals surface area (Å²) < 4.78 is 5.24. The van der Waals surface area contributed by atoms with Gasteiger partial charge in [-0.2, -0.15) is 0 Å². The fraction of sp³-hybridized carbons (Fsp3) is 0.611. The maximum atomic E-state index is 12.4. The molecule has 1 aromatic rings. The number of rotatable bonds is 6. The van der Waals surface area contributed by atoms with Gasteiger partial charge in [0.05, 0.1) is 13.7 Å². The van der Waals surface area contributed by atoms with E-state index in [4.69, 9.17) is 4.74 Å². The summed E-state index contributed by atoms with van der Waals surface area (Å²) in [6.07, 6.45) is 6.13. The van der Waals surface area contributed by atoms with Gasteiger partial charge >= 0.3 is 0 Å². The Morgan fingerprint density at radius 2 is 1.95 bits per heavy atom. The minimum atomic E-state index is 0.220. The molecule has 1 amide bonds. The highest BCUT2D eigenvalue weighted by Gasteiger charge is 2.22. The van der Waals surface area contributed by atoms with Gasteiger partial charge in [0.2, 0.25) is 5.91 Å². The first kappa shape index (κ1) is 16.8. The fourth-order valence-corrected chi connectivity index (χ4v) is 3.15. The van der Waals surface area contributed by atoms with Crippen molar-refractivity contribution < 1.29 is 9.53 Å². The fourth-order valence-electron chi connectivity index (χ4n) is 3.15. The number of methoxy groups -OCH3 is 1. The van der Waals surface area contributed by atoms with E-state index in [1.54, 1.807) is 7.11 Å². The van der Waals surface area contributed by atoms with Crippen molar-refractivity contribution in [1.29, 1.82) is 0 Å². The van der Waals surface area contributed by atoms with Gasteiger partial charge in [0, 0.05) is 19.6 Å². The Balaban J connectivity index is 1.84. The van der Waals surface area contributed by atoms with Crippen molar-refractivity contribution >= 4 is 5.91 Å². The SMILES string of the molecule is COc1cccc(CN(C)CC(=O)N(C)C2CCCCC2)c1. The third-order valence-electron chi connectivity index (χ3n) is 4.51. The molecule has 1 saturated carbocycles. The zero-order valence-corrected chi connectivity index (χ0v) is 14.0. The molecule has 0 saturated heterocycles. The molecular weight excluding hydrogens is 276 g/mol. The molecule has 2 rings (SSSR count). The largest absolute Gasteiger partial charge is 0.497 e. The second kappa shape index (κ2) is 8.18. The molecule has 0 bridgehead atoms. The van der Waals surface area contributed by atoms with Gasteiger partial charge < -0.3 is 9.64 Å². The van der Waals surface area contributed by atoms with Gasteiger partial charge in [-0.15, -0.1) is 0 Å². The lowest BCUT2D eigenvalue weighted by atomic mass is 9.94. The second-order valence-corrected chi connectivity index (χ2v) is 6.32. The van der Waals surface area contributed by atoms with E-state index in [1.807, 2.05) is 37.2 Å². The Hall–Kier alpha value is -1.55. The van der Waals surface area contributed by atoms with E-state index in [0.717, 1.165) is 30.7 Å². The van der Waals surface area contributed by atoms with Crippen molar-refractivity contribution in [3.63, 3.8) is 0 Å². The van der Waals surface area contributed by atoms with E-state index in [1.165, 1.54) is 19.3 Å². The van der Waals surface area contributed by atoms with Crippen LogP contribution in [-0.2, 0) is 11.3 Å². The maximum absolute atomic E-state index is 12.4. The van der Waals surface area contributed by atoms with Crippen LogP contribution in [0.3, 0.4) is 0 Å². The number of ether oxygens (including phenoxy) is 1. The molecule has 0 radical (unpaired) electrons. The van der Waals surface area contributed by atoms with Crippen molar-refractivity contribution in [2.24, 2.45) is 0 Å². The molecule has 0 aliphatic heterocycles. The van der Waals surface area contributed by atoms with Gasteiger partial charge in [0.1, 0.15) is 5.75 Å². The number of hydrogen-bond donors (Lipinski definition) is 0. The summed E-state index contributed by atoms with van der Waals surface area (Å²) in [7, 11) is 5.62. The first-order valence-corrected chi connectivity index (χ1v) is 8.17. The van der Waals surface area contributed by atoms with Gasteiger partial charge in [-0.25, -0.2) is 0 Å². The third kappa shape index (κ3) is 4.73. The highest BCUT2D eigenvalue weighted by Crippen LogP contribution is 2.21. The third-order valence-corrected chi connectivity index (χ3v) is 4.51. The van der Waals surface area contributed by atoms with Crippen LogP contribution in [0.4, 0.5) is 0 Å². The molecule has 0 atom stereocenters. The average Bonchev–Trinajstić information content (AvgIpc) is 2.55. The molecule has 1 aliphatic carbocycles. The first-order chi connectivity index (χ1) is 10.6. The van der Waals surface area contributed by atoms with Gasteiger partial charge in [0.15, 0.2) is 0 Å². The maximum Gasteiger partial charge on any atom is 0.236 e. The highest BCUT2D eigenvalue weighted by molar-refractivity contribution is 5.78. The molecule has 0 spiro atoms. The Kier molecular flexibility index (Phi) is 6.25. The normalized spacial score (nSPS) is 15.8. The zero-order valence-electron chi connectivity index (χ0n) is 14.0. The van der Waals surface area contributed by atoms with Gasteiger partial charge in [-0.3, -0.25) is 9.69 Å². The minimum Gasteiger partial charge on any atom is -0.497 e. The summed E-state index contributed by atoms with van der Waals surface area (Å²) in [5.74, 6) is 1.08. The van der Waals surface area contributed by atoms with Crippen molar-refractivity contribution in [2.75, 3.05) is 27.7 Å². The number of amides is 1. The van der Waals surface area contributed by atoms with Crippen LogP contribution in [0.2, 0.25) is 0 Å². The predicted octanol–water partition coefficient (Wildman–Crippen LogP) is 2.92. The van der Waals surface area contributed by atoms with E-state index in [9.17, 15) is 4.79 Å². The minimum absolute atomic E-state index is 0.220. The standard InChI is InChI=1S/C18H28N2O2/c1-19(13-15-8-7-11-17(12-15)22-3)14-18(21)20(2)16-9-5-4-6-10-16/h7-8,11-12,16H,4-6,9-10,13-14H2,1-3H3. The quantitative estimate of drug-likeness (QED) is 0.810. The van der Waals surface area contributed by atoms with E-state index in [-0.39, 0.29) is 5.91 Å². The number of likely N-dealkylation sites (N-methyl/N-ethyl adjacent to an activating group) is 2. The van der Waals surface area contributed by atoms with Crippen LogP contribution in [0, 0.1) is 0 Å². The summed E-state index contributed by atoms with van der Waals surface area (Å²) >= 11 is 0. The zero-order chi connectivity index (χ0) is 15.9. The molecule has 0 N–H and O–H groups in total. The number of carbonyl (C=O) groups is 1. The Morgan fingerprint density at radius 3 is 2.64 bits per heavy atom. The molecule has 122 valence electrons. The molecule has 1 aliphatic rings. The second-order valence-electron chi connectivity index (χ2n) is 6.32. The topological polar surface area (TPSA) is 32.8 Å². The van der Waals surface area contributed by atoms with E-state index >= 15 is 0 Å². The Bertz CT molecular complexity index is 484. The molecular formula is C18H28N2O2. The number of carbonyl (C=O) groups excluding carboxylic acids is 1. The predicted molar refractivity (Wildman–Crippen MR) is 89.0 cm³/mol. The van der Waals surface area contributed by atoms with Gasteiger partial charge in [0.25, 0.3) is 0 Å². The smallest absolute Gasteiger partial charge is 0.236 e. The summed E-state index contributed by atoms with van der Waals surface area (Å²) in [6.45, 7) is 1.21. The van der Waals surface area contributed by atoms with Crippen molar-refractivity contribution in [3.05, 3.63) is 29.8 Å². The Morgan fingerprint density at radius 1 is 1.23 bits per heavy atom. The molecule has 22 heavy (non-hydrogen) atoms. The molecule has 4 heteroatoms. The van der Waals surface area contributed by atoms with Gasteiger partial charge in [-0.05, 0) is 37.6 Å². The average molecular weight is 304 g/mol. The molecule has 1 fully saturated rings. The molecule has 4 nitrogen and oxygen atoms in total. The monoisotopic (exact) mass is 304 g/mol. The van der Waals surface area contributed by atoms with Crippen LogP contribution in [0.15, 0.2) is 24.3 Å². The highest BCUT2D eigenvalue weighted by atomic mass is 16.5. The van der Waals surface area contributed by atoms with E-state index in [2.05, 4.69) is 11.0 Å². The van der Waals surface area contributed by atoms with Crippen LogP contribution in [0.25, 0.3) is 0 Å².